The maximum absolute atomic E-state index is 10.4. The van der Waals surface area contributed by atoms with Crippen molar-refractivity contribution in [2.24, 2.45) is 0 Å². The minimum atomic E-state index is 0.507. The molecule has 0 amide bonds. The zero-order chi connectivity index (χ0) is 31.3. The zero-order valence-electron chi connectivity index (χ0n) is 24.8. The van der Waals surface area contributed by atoms with E-state index in [2.05, 4.69) is 10.9 Å². The minimum absolute atomic E-state index is 0.507. The zero-order valence-corrected chi connectivity index (χ0v) is 24.8. The van der Waals surface area contributed by atoms with E-state index in [1.807, 2.05) is 158 Å². The lowest BCUT2D eigenvalue weighted by atomic mass is 9.92. The molecule has 2 aromatic heterocycles. The molecule has 46 heavy (non-hydrogen) atoms. The molecule has 2 heterocycles. The summed E-state index contributed by atoms with van der Waals surface area (Å²) < 4.78 is 0. The standard InChI is InChI=1S/C42H26N4/c1-44-42-36(30-18-8-3-9-19-30)27-39(46-41(42)32-22-12-5-13-23-32)34-25-15-14-24-33(34)38-26-35(29-16-6-2-7-17-29)37(28-43)40(45-38)31-20-10-4-11-21-31/h2-27H. The van der Waals surface area contributed by atoms with E-state index in [0.29, 0.717) is 22.6 Å². The summed E-state index contributed by atoms with van der Waals surface area (Å²) in [7, 11) is 0. The first-order valence-corrected chi connectivity index (χ1v) is 14.9. The van der Waals surface area contributed by atoms with Crippen molar-refractivity contribution in [1.29, 1.82) is 5.26 Å². The molecule has 0 aliphatic heterocycles. The third-order valence-corrected chi connectivity index (χ3v) is 7.98. The predicted molar refractivity (Wildman–Crippen MR) is 186 cm³/mol. The molecule has 0 atom stereocenters. The highest BCUT2D eigenvalue weighted by atomic mass is 14.8. The van der Waals surface area contributed by atoms with Gasteiger partial charge in [-0.05, 0) is 34.4 Å². The monoisotopic (exact) mass is 586 g/mol. The van der Waals surface area contributed by atoms with Gasteiger partial charge in [0.05, 0.1) is 34.9 Å². The molecule has 5 aromatic carbocycles. The van der Waals surface area contributed by atoms with Crippen molar-refractivity contribution < 1.29 is 0 Å². The Bertz CT molecular complexity index is 1960. The van der Waals surface area contributed by atoms with Crippen molar-refractivity contribution in [2.45, 2.75) is 0 Å². The van der Waals surface area contributed by atoms with Crippen molar-refractivity contribution in [3.8, 4) is 73.4 Å². The molecule has 0 saturated carbocycles. The first-order chi connectivity index (χ1) is 22.7. The van der Waals surface area contributed by atoms with Gasteiger partial charge in [0.1, 0.15) is 6.07 Å². The van der Waals surface area contributed by atoms with E-state index >= 15 is 0 Å². The van der Waals surface area contributed by atoms with Crippen LogP contribution >= 0.6 is 0 Å². The summed E-state index contributed by atoms with van der Waals surface area (Å²) >= 11 is 0. The lowest BCUT2D eigenvalue weighted by Crippen LogP contribution is -1.99. The van der Waals surface area contributed by atoms with Crippen molar-refractivity contribution in [3.63, 3.8) is 0 Å². The summed E-state index contributed by atoms with van der Waals surface area (Å²) in [5.41, 5.74) is 10.8. The third kappa shape index (κ3) is 5.33. The molecule has 4 heteroatoms. The summed E-state index contributed by atoms with van der Waals surface area (Å²) in [6.45, 7) is 8.17. The van der Waals surface area contributed by atoms with E-state index in [9.17, 15) is 5.26 Å². The van der Waals surface area contributed by atoms with E-state index in [1.165, 1.54) is 0 Å². The lowest BCUT2D eigenvalue weighted by molar-refractivity contribution is 1.29. The summed E-state index contributed by atoms with van der Waals surface area (Å²) in [5, 5.41) is 10.4. The Morgan fingerprint density at radius 1 is 0.457 bits per heavy atom. The van der Waals surface area contributed by atoms with Crippen molar-refractivity contribution in [3.05, 3.63) is 175 Å². The number of pyridine rings is 2. The van der Waals surface area contributed by atoms with Crippen LogP contribution in [0.4, 0.5) is 5.69 Å². The van der Waals surface area contributed by atoms with Crippen molar-refractivity contribution >= 4 is 5.69 Å². The first kappa shape index (κ1) is 28.2. The van der Waals surface area contributed by atoms with Crippen LogP contribution in [0.2, 0.25) is 0 Å². The maximum atomic E-state index is 10.4. The lowest BCUT2D eigenvalue weighted by Gasteiger charge is -2.17. The molecule has 7 rings (SSSR count). The number of aromatic nitrogens is 2. The molecule has 0 unspecified atom stereocenters. The van der Waals surface area contributed by atoms with Crippen LogP contribution in [0.25, 0.3) is 72.1 Å². The molecule has 0 fully saturated rings. The van der Waals surface area contributed by atoms with Gasteiger partial charge in [-0.25, -0.2) is 9.83 Å². The molecule has 0 aliphatic carbocycles. The molecular formula is C42H26N4. The highest BCUT2D eigenvalue weighted by molar-refractivity contribution is 5.94. The van der Waals surface area contributed by atoms with Crippen LogP contribution in [0.5, 0.6) is 0 Å². The van der Waals surface area contributed by atoms with Crippen LogP contribution in [-0.2, 0) is 0 Å². The topological polar surface area (TPSA) is 53.9 Å². The Morgan fingerprint density at radius 2 is 0.848 bits per heavy atom. The molecule has 0 N–H and O–H groups in total. The van der Waals surface area contributed by atoms with E-state index < -0.39 is 0 Å². The van der Waals surface area contributed by atoms with Crippen LogP contribution in [0.1, 0.15) is 5.56 Å². The molecule has 7 aromatic rings. The van der Waals surface area contributed by atoms with Crippen molar-refractivity contribution in [1.82, 2.24) is 9.97 Å². The van der Waals surface area contributed by atoms with Crippen molar-refractivity contribution in [2.75, 3.05) is 0 Å². The van der Waals surface area contributed by atoms with Crippen LogP contribution in [0, 0.1) is 17.9 Å². The largest absolute Gasteiger partial charge is 0.259 e. The number of benzene rings is 5. The molecule has 0 saturated heterocycles. The fourth-order valence-corrected chi connectivity index (χ4v) is 5.80. The number of rotatable bonds is 6. The second kappa shape index (κ2) is 12.5. The molecule has 0 radical (unpaired) electrons. The SMILES string of the molecule is [C-]#[N+]c1c(-c2ccccc2)cc(-c2ccccc2-c2cc(-c3ccccc3)c(C#N)c(-c3ccccc3)n2)nc1-c1ccccc1. The predicted octanol–water partition coefficient (Wildman–Crippen LogP) is 10.9. The van der Waals surface area contributed by atoms with E-state index in [1.54, 1.807) is 0 Å². The first-order valence-electron chi connectivity index (χ1n) is 14.9. The normalized spacial score (nSPS) is 10.6. The van der Waals surface area contributed by atoms with Crippen LogP contribution in [-0.4, -0.2) is 9.97 Å². The van der Waals surface area contributed by atoms with Gasteiger partial charge >= 0.3 is 0 Å². The maximum Gasteiger partial charge on any atom is 0.220 e. The summed E-state index contributed by atoms with van der Waals surface area (Å²) in [5.74, 6) is 0. The summed E-state index contributed by atoms with van der Waals surface area (Å²) in [4.78, 5) is 14.3. The Morgan fingerprint density at radius 3 is 1.33 bits per heavy atom. The average Bonchev–Trinajstić information content (AvgIpc) is 3.15. The van der Waals surface area contributed by atoms with Gasteiger partial charge in [-0.1, -0.05) is 146 Å². The van der Waals surface area contributed by atoms with Gasteiger partial charge in [-0.2, -0.15) is 5.26 Å². The van der Waals surface area contributed by atoms with Gasteiger partial charge in [0, 0.05) is 22.3 Å². The molecular weight excluding hydrogens is 560 g/mol. The molecule has 214 valence electrons. The smallest absolute Gasteiger partial charge is 0.220 e. The minimum Gasteiger partial charge on any atom is -0.259 e. The number of hydrogen-bond acceptors (Lipinski definition) is 3. The Balaban J connectivity index is 1.51. The quantitative estimate of drug-likeness (QED) is 0.182. The van der Waals surface area contributed by atoms with E-state index in [4.69, 9.17) is 16.5 Å². The van der Waals surface area contributed by atoms with Crippen LogP contribution < -0.4 is 0 Å². The van der Waals surface area contributed by atoms with E-state index in [0.717, 1.165) is 55.9 Å². The fourth-order valence-electron chi connectivity index (χ4n) is 5.80. The number of hydrogen-bond donors (Lipinski definition) is 0. The molecule has 0 aliphatic rings. The highest BCUT2D eigenvalue weighted by Gasteiger charge is 2.21. The second-order valence-electron chi connectivity index (χ2n) is 10.8. The molecule has 0 spiro atoms. The third-order valence-electron chi connectivity index (χ3n) is 7.98. The van der Waals surface area contributed by atoms with Crippen LogP contribution in [0.3, 0.4) is 0 Å². The fraction of sp³-hybridized carbons (Fsp3) is 0. The molecule has 0 bridgehead atoms. The highest BCUT2D eigenvalue weighted by Crippen LogP contribution is 2.43. The van der Waals surface area contributed by atoms with Gasteiger partial charge in [0.15, 0.2) is 0 Å². The van der Waals surface area contributed by atoms with Gasteiger partial charge in [0.2, 0.25) is 5.69 Å². The Kier molecular flexibility index (Phi) is 7.68. The van der Waals surface area contributed by atoms with E-state index in [-0.39, 0.29) is 0 Å². The molecule has 4 nitrogen and oxygen atoms in total. The second-order valence-corrected chi connectivity index (χ2v) is 10.8. The van der Waals surface area contributed by atoms with Gasteiger partial charge in [-0.15, -0.1) is 0 Å². The van der Waals surface area contributed by atoms with Crippen LogP contribution in [0.15, 0.2) is 158 Å². The number of nitrogens with zero attached hydrogens (tertiary/aromatic N) is 4. The number of nitriles is 1. The van der Waals surface area contributed by atoms with Gasteiger partial charge in [0.25, 0.3) is 0 Å². The summed E-state index contributed by atoms with van der Waals surface area (Å²) in [6.07, 6.45) is 0. The van der Waals surface area contributed by atoms with Gasteiger partial charge < -0.3 is 0 Å². The Hall–Kier alpha value is -6.62. The Labute approximate surface area is 268 Å². The van der Waals surface area contributed by atoms with Gasteiger partial charge in [-0.3, -0.25) is 4.98 Å². The average molecular weight is 587 g/mol. The summed E-state index contributed by atoms with van der Waals surface area (Å²) in [6, 6.07) is 54.2.